The quantitative estimate of drug-likeness (QED) is 0.574. The second-order valence-corrected chi connectivity index (χ2v) is 4.24. The molecular formula is C12H17N3O5. The molecule has 0 heterocycles. The molecule has 1 atom stereocenters. The Kier molecular flexibility index (Phi) is 6.01. The van der Waals surface area contributed by atoms with Gasteiger partial charge in [0.15, 0.2) is 0 Å². The lowest BCUT2D eigenvalue weighted by Gasteiger charge is -2.16. The predicted octanol–water partition coefficient (Wildman–Crippen LogP) is 1.67. The number of nitro benzene ring substituents is 2. The van der Waals surface area contributed by atoms with E-state index in [0.29, 0.717) is 25.1 Å². The summed E-state index contributed by atoms with van der Waals surface area (Å²) in [7, 11) is 1.55. The van der Waals surface area contributed by atoms with Gasteiger partial charge in [-0.2, -0.15) is 0 Å². The lowest BCUT2D eigenvalue weighted by Crippen LogP contribution is -2.35. The van der Waals surface area contributed by atoms with Crippen LogP contribution in [0.2, 0.25) is 0 Å². The van der Waals surface area contributed by atoms with E-state index < -0.39 is 9.85 Å². The third-order valence-electron chi connectivity index (χ3n) is 2.80. The molecule has 0 saturated heterocycles. The Labute approximate surface area is 116 Å². The molecule has 1 N–H and O–H groups in total. The molecule has 1 rings (SSSR count). The summed E-state index contributed by atoms with van der Waals surface area (Å²) in [5.74, 6) is 0. The molecule has 0 aliphatic rings. The summed E-state index contributed by atoms with van der Waals surface area (Å²) in [5, 5.41) is 24.8. The zero-order chi connectivity index (χ0) is 15.1. The van der Waals surface area contributed by atoms with E-state index >= 15 is 0 Å². The lowest BCUT2D eigenvalue weighted by molar-refractivity contribution is -0.394. The first-order valence-corrected chi connectivity index (χ1v) is 6.13. The van der Waals surface area contributed by atoms with Gasteiger partial charge in [-0.25, -0.2) is 0 Å². The molecule has 0 amide bonds. The van der Waals surface area contributed by atoms with Gasteiger partial charge in [-0.05, 0) is 19.0 Å². The van der Waals surface area contributed by atoms with Gasteiger partial charge in [-0.15, -0.1) is 0 Å². The van der Waals surface area contributed by atoms with Crippen molar-refractivity contribution in [3.05, 3.63) is 44.0 Å². The van der Waals surface area contributed by atoms with Crippen LogP contribution in [0, 0.1) is 20.2 Å². The third kappa shape index (κ3) is 4.25. The van der Waals surface area contributed by atoms with Crippen LogP contribution in [0.25, 0.3) is 0 Å². The SMILES string of the molecule is CCNC(COC)Cc1ccc([N+](=O)[O-])cc1[N+](=O)[O-]. The van der Waals surface area contributed by atoms with Gasteiger partial charge in [-0.3, -0.25) is 20.2 Å². The number of nitrogens with one attached hydrogen (secondary N) is 1. The largest absolute Gasteiger partial charge is 0.383 e. The summed E-state index contributed by atoms with van der Waals surface area (Å²) in [6.07, 6.45) is 0.371. The number of hydrogen-bond acceptors (Lipinski definition) is 6. The molecule has 0 bridgehead atoms. The minimum atomic E-state index is -0.645. The summed E-state index contributed by atoms with van der Waals surface area (Å²) >= 11 is 0. The average Bonchev–Trinajstić information content (AvgIpc) is 2.39. The molecule has 1 aromatic carbocycles. The van der Waals surface area contributed by atoms with Crippen LogP contribution >= 0.6 is 0 Å². The number of methoxy groups -OCH3 is 1. The van der Waals surface area contributed by atoms with E-state index in [1.165, 1.54) is 12.1 Å². The molecule has 0 saturated carbocycles. The second kappa shape index (κ2) is 7.51. The number of rotatable bonds is 8. The van der Waals surface area contributed by atoms with Gasteiger partial charge in [0.25, 0.3) is 11.4 Å². The number of benzene rings is 1. The molecule has 0 radical (unpaired) electrons. The molecule has 0 aromatic heterocycles. The van der Waals surface area contributed by atoms with Gasteiger partial charge >= 0.3 is 0 Å². The summed E-state index contributed by atoms with van der Waals surface area (Å²) in [5.41, 5.74) is -0.0750. The van der Waals surface area contributed by atoms with Gasteiger partial charge in [0.1, 0.15) is 0 Å². The molecule has 8 heteroatoms. The molecule has 0 aliphatic carbocycles. The molecule has 0 spiro atoms. The zero-order valence-corrected chi connectivity index (χ0v) is 11.4. The normalized spacial score (nSPS) is 12.1. The maximum atomic E-state index is 11.0. The Morgan fingerprint density at radius 2 is 2.00 bits per heavy atom. The average molecular weight is 283 g/mol. The molecule has 0 aliphatic heterocycles. The maximum Gasteiger partial charge on any atom is 0.279 e. The van der Waals surface area contributed by atoms with Crippen LogP contribution in [0.15, 0.2) is 18.2 Å². The molecule has 1 aromatic rings. The van der Waals surface area contributed by atoms with Crippen molar-refractivity contribution in [1.29, 1.82) is 0 Å². The Balaban J connectivity index is 3.03. The summed E-state index contributed by atoms with van der Waals surface area (Å²) < 4.78 is 5.05. The van der Waals surface area contributed by atoms with Crippen molar-refractivity contribution in [2.45, 2.75) is 19.4 Å². The second-order valence-electron chi connectivity index (χ2n) is 4.24. The van der Waals surface area contributed by atoms with Crippen LogP contribution in [-0.4, -0.2) is 36.1 Å². The van der Waals surface area contributed by atoms with Gasteiger partial charge in [-0.1, -0.05) is 6.92 Å². The van der Waals surface area contributed by atoms with Crippen LogP contribution in [0.3, 0.4) is 0 Å². The number of nitrogens with zero attached hydrogens (tertiary/aromatic N) is 2. The molecule has 110 valence electrons. The monoisotopic (exact) mass is 283 g/mol. The van der Waals surface area contributed by atoms with Crippen molar-refractivity contribution in [2.75, 3.05) is 20.3 Å². The van der Waals surface area contributed by atoms with Crippen molar-refractivity contribution < 1.29 is 14.6 Å². The van der Waals surface area contributed by atoms with E-state index in [1.807, 2.05) is 6.92 Å². The van der Waals surface area contributed by atoms with E-state index in [0.717, 1.165) is 6.07 Å². The summed E-state index contributed by atoms with van der Waals surface area (Å²) in [6.45, 7) is 3.03. The fourth-order valence-corrected chi connectivity index (χ4v) is 1.95. The minimum Gasteiger partial charge on any atom is -0.383 e. The standard InChI is InChI=1S/C12H17N3O5/c1-3-13-10(8-20-2)6-9-4-5-11(14(16)17)7-12(9)15(18)19/h4-5,7,10,13H,3,6,8H2,1-2H3. The van der Waals surface area contributed by atoms with Crippen molar-refractivity contribution in [1.82, 2.24) is 5.32 Å². The first kappa shape index (κ1) is 16.0. The van der Waals surface area contributed by atoms with Crippen molar-refractivity contribution in [2.24, 2.45) is 0 Å². The van der Waals surface area contributed by atoms with Gasteiger partial charge in [0.2, 0.25) is 0 Å². The van der Waals surface area contributed by atoms with Crippen molar-refractivity contribution >= 4 is 11.4 Å². The Morgan fingerprint density at radius 1 is 1.30 bits per heavy atom. The van der Waals surface area contributed by atoms with E-state index in [4.69, 9.17) is 4.74 Å². The lowest BCUT2D eigenvalue weighted by atomic mass is 10.0. The highest BCUT2D eigenvalue weighted by molar-refractivity contribution is 5.49. The van der Waals surface area contributed by atoms with Crippen LogP contribution in [0.4, 0.5) is 11.4 Å². The first-order valence-electron chi connectivity index (χ1n) is 6.13. The van der Waals surface area contributed by atoms with Gasteiger partial charge in [0.05, 0.1) is 22.5 Å². The fourth-order valence-electron chi connectivity index (χ4n) is 1.95. The Hall–Kier alpha value is -2.06. The molecule has 20 heavy (non-hydrogen) atoms. The third-order valence-corrected chi connectivity index (χ3v) is 2.80. The summed E-state index contributed by atoms with van der Waals surface area (Å²) in [6, 6.07) is 3.62. The van der Waals surface area contributed by atoms with Crippen molar-refractivity contribution in [3.63, 3.8) is 0 Å². The van der Waals surface area contributed by atoms with Gasteiger partial charge < -0.3 is 10.1 Å². The fraction of sp³-hybridized carbons (Fsp3) is 0.500. The molecule has 8 nitrogen and oxygen atoms in total. The Morgan fingerprint density at radius 3 is 2.50 bits per heavy atom. The van der Waals surface area contributed by atoms with Crippen LogP contribution < -0.4 is 5.32 Å². The number of hydrogen-bond donors (Lipinski definition) is 1. The highest BCUT2D eigenvalue weighted by atomic mass is 16.6. The number of ether oxygens (including phenoxy) is 1. The Bertz CT molecular complexity index is 486. The maximum absolute atomic E-state index is 11.0. The van der Waals surface area contributed by atoms with E-state index in [1.54, 1.807) is 7.11 Å². The first-order chi connectivity index (χ1) is 9.49. The van der Waals surface area contributed by atoms with E-state index in [-0.39, 0.29) is 17.4 Å². The number of non-ortho nitro benzene ring substituents is 1. The van der Waals surface area contributed by atoms with Crippen LogP contribution in [0.5, 0.6) is 0 Å². The van der Waals surface area contributed by atoms with E-state index in [9.17, 15) is 20.2 Å². The van der Waals surface area contributed by atoms with Gasteiger partial charge in [0, 0.05) is 24.8 Å². The van der Waals surface area contributed by atoms with Crippen LogP contribution in [0.1, 0.15) is 12.5 Å². The molecule has 1 unspecified atom stereocenters. The molecule has 0 fully saturated rings. The predicted molar refractivity (Wildman–Crippen MR) is 72.8 cm³/mol. The van der Waals surface area contributed by atoms with Crippen LogP contribution in [-0.2, 0) is 11.2 Å². The number of likely N-dealkylation sites (N-methyl/N-ethyl adjacent to an activating group) is 1. The highest BCUT2D eigenvalue weighted by Crippen LogP contribution is 2.25. The zero-order valence-electron chi connectivity index (χ0n) is 11.4. The smallest absolute Gasteiger partial charge is 0.279 e. The number of nitro groups is 2. The topological polar surface area (TPSA) is 108 Å². The highest BCUT2D eigenvalue weighted by Gasteiger charge is 2.21. The molecular weight excluding hydrogens is 266 g/mol. The van der Waals surface area contributed by atoms with Crippen molar-refractivity contribution in [3.8, 4) is 0 Å². The summed E-state index contributed by atoms with van der Waals surface area (Å²) in [4.78, 5) is 20.4. The van der Waals surface area contributed by atoms with E-state index in [2.05, 4.69) is 5.32 Å². The minimum absolute atomic E-state index is 0.0786.